The van der Waals surface area contributed by atoms with E-state index in [2.05, 4.69) is 11.4 Å². The number of nitrogens with one attached hydrogen (secondary N) is 1. The first-order valence-electron chi connectivity index (χ1n) is 7.00. The van der Waals surface area contributed by atoms with Crippen molar-refractivity contribution in [2.45, 2.75) is 32.1 Å². The van der Waals surface area contributed by atoms with Crippen molar-refractivity contribution >= 4 is 29.3 Å². The molecule has 0 atom stereocenters. The van der Waals surface area contributed by atoms with Gasteiger partial charge in [-0.1, -0.05) is 54.1 Å². The molecule has 0 aromatic heterocycles. The standard InChI is InChI=1S/C16H21Cl2N/c1-19-11-14(13-5-3-2-4-6-13)7-12-8-15(17)10-16(18)9-12/h7-10,13,19H,2-6,11H2,1H3. The van der Waals surface area contributed by atoms with Crippen LogP contribution in [0.5, 0.6) is 0 Å². The fraction of sp³-hybridized carbons (Fsp3) is 0.500. The second-order valence-corrected chi connectivity index (χ2v) is 6.16. The zero-order valence-electron chi connectivity index (χ0n) is 11.4. The van der Waals surface area contributed by atoms with Gasteiger partial charge in [-0.15, -0.1) is 0 Å². The normalized spacial score (nSPS) is 17.7. The number of rotatable bonds is 4. The van der Waals surface area contributed by atoms with Crippen LogP contribution in [0.2, 0.25) is 10.0 Å². The molecule has 0 unspecified atom stereocenters. The van der Waals surface area contributed by atoms with Gasteiger partial charge in [0.2, 0.25) is 0 Å². The lowest BCUT2D eigenvalue weighted by Gasteiger charge is -2.24. The van der Waals surface area contributed by atoms with Gasteiger partial charge in [-0.25, -0.2) is 0 Å². The summed E-state index contributed by atoms with van der Waals surface area (Å²) in [5.74, 6) is 0.707. The first-order valence-corrected chi connectivity index (χ1v) is 7.76. The molecule has 1 fully saturated rings. The van der Waals surface area contributed by atoms with Crippen LogP contribution in [-0.2, 0) is 0 Å². The Morgan fingerprint density at radius 2 is 1.79 bits per heavy atom. The average Bonchev–Trinajstić information content (AvgIpc) is 2.38. The molecule has 0 spiro atoms. The van der Waals surface area contributed by atoms with Crippen molar-refractivity contribution in [2.75, 3.05) is 13.6 Å². The molecule has 1 N–H and O–H groups in total. The summed E-state index contributed by atoms with van der Waals surface area (Å²) in [5.41, 5.74) is 2.58. The van der Waals surface area contributed by atoms with Gasteiger partial charge in [-0.2, -0.15) is 0 Å². The molecule has 104 valence electrons. The maximum absolute atomic E-state index is 6.07. The maximum atomic E-state index is 6.07. The summed E-state index contributed by atoms with van der Waals surface area (Å²) in [6, 6.07) is 5.73. The minimum Gasteiger partial charge on any atom is -0.316 e. The van der Waals surface area contributed by atoms with Crippen LogP contribution < -0.4 is 5.32 Å². The van der Waals surface area contributed by atoms with Gasteiger partial charge in [-0.05, 0) is 49.6 Å². The summed E-state index contributed by atoms with van der Waals surface area (Å²) < 4.78 is 0. The lowest BCUT2D eigenvalue weighted by molar-refractivity contribution is 0.398. The molecule has 3 heteroatoms. The first kappa shape index (κ1) is 14.9. The molecule has 0 amide bonds. The van der Waals surface area contributed by atoms with Crippen molar-refractivity contribution in [2.24, 2.45) is 5.92 Å². The van der Waals surface area contributed by atoms with Gasteiger partial charge >= 0.3 is 0 Å². The smallest absolute Gasteiger partial charge is 0.0426 e. The van der Waals surface area contributed by atoms with Gasteiger partial charge in [0.15, 0.2) is 0 Å². The fourth-order valence-electron chi connectivity index (χ4n) is 2.86. The third kappa shape index (κ3) is 4.52. The molecule has 0 bridgehead atoms. The molecule has 1 aliphatic carbocycles. The number of hydrogen-bond donors (Lipinski definition) is 1. The Morgan fingerprint density at radius 1 is 1.16 bits per heavy atom. The minimum absolute atomic E-state index is 0.700. The highest BCUT2D eigenvalue weighted by molar-refractivity contribution is 6.34. The summed E-state index contributed by atoms with van der Waals surface area (Å²) in [5, 5.41) is 4.68. The highest BCUT2D eigenvalue weighted by Crippen LogP contribution is 2.31. The zero-order valence-corrected chi connectivity index (χ0v) is 12.9. The summed E-state index contributed by atoms with van der Waals surface area (Å²) in [4.78, 5) is 0. The third-order valence-corrected chi connectivity index (χ3v) is 4.18. The first-order chi connectivity index (χ1) is 9.19. The molecule has 1 aromatic carbocycles. The van der Waals surface area contributed by atoms with Crippen LogP contribution >= 0.6 is 23.2 Å². The van der Waals surface area contributed by atoms with Gasteiger partial charge in [-0.3, -0.25) is 0 Å². The Morgan fingerprint density at radius 3 is 2.37 bits per heavy atom. The fourth-order valence-corrected chi connectivity index (χ4v) is 3.41. The predicted octanol–water partition coefficient (Wildman–Crippen LogP) is 5.18. The average molecular weight is 298 g/mol. The highest BCUT2D eigenvalue weighted by atomic mass is 35.5. The molecule has 0 heterocycles. The van der Waals surface area contributed by atoms with Gasteiger partial charge < -0.3 is 5.32 Å². The van der Waals surface area contributed by atoms with Crippen molar-refractivity contribution in [1.82, 2.24) is 5.32 Å². The number of likely N-dealkylation sites (N-methyl/N-ethyl adjacent to an activating group) is 1. The summed E-state index contributed by atoms with van der Waals surface area (Å²) in [7, 11) is 2.00. The molecule has 1 nitrogen and oxygen atoms in total. The highest BCUT2D eigenvalue weighted by Gasteiger charge is 2.17. The van der Waals surface area contributed by atoms with E-state index in [1.807, 2.05) is 19.2 Å². The van der Waals surface area contributed by atoms with Gasteiger partial charge in [0, 0.05) is 16.6 Å². The number of halogens is 2. The van der Waals surface area contributed by atoms with Crippen LogP contribution in [0.1, 0.15) is 37.7 Å². The van der Waals surface area contributed by atoms with E-state index in [1.165, 1.54) is 37.7 Å². The molecule has 2 rings (SSSR count). The quantitative estimate of drug-likeness (QED) is 0.808. The van der Waals surface area contributed by atoms with Crippen molar-refractivity contribution < 1.29 is 0 Å². The van der Waals surface area contributed by atoms with Gasteiger partial charge in [0.1, 0.15) is 0 Å². The van der Waals surface area contributed by atoms with Crippen LogP contribution in [0.4, 0.5) is 0 Å². The Bertz CT molecular complexity index is 428. The van der Waals surface area contributed by atoms with Crippen molar-refractivity contribution in [3.8, 4) is 0 Å². The van der Waals surface area contributed by atoms with E-state index in [4.69, 9.17) is 23.2 Å². The summed E-state index contributed by atoms with van der Waals surface area (Å²) >= 11 is 12.1. The Kier molecular flexibility index (Phi) is 5.75. The Balaban J connectivity index is 2.23. The second-order valence-electron chi connectivity index (χ2n) is 5.29. The molecule has 0 aliphatic heterocycles. The molecular weight excluding hydrogens is 277 g/mol. The molecule has 0 radical (unpaired) electrons. The third-order valence-electron chi connectivity index (χ3n) is 3.75. The largest absolute Gasteiger partial charge is 0.316 e. The van der Waals surface area contributed by atoms with Crippen LogP contribution in [0.25, 0.3) is 6.08 Å². The van der Waals surface area contributed by atoms with Crippen LogP contribution in [-0.4, -0.2) is 13.6 Å². The zero-order chi connectivity index (χ0) is 13.7. The summed E-state index contributed by atoms with van der Waals surface area (Å²) in [6.07, 6.45) is 8.95. The van der Waals surface area contributed by atoms with E-state index in [0.717, 1.165) is 12.1 Å². The van der Waals surface area contributed by atoms with E-state index >= 15 is 0 Å². The predicted molar refractivity (Wildman–Crippen MR) is 84.9 cm³/mol. The second kappa shape index (κ2) is 7.33. The van der Waals surface area contributed by atoms with Crippen molar-refractivity contribution in [1.29, 1.82) is 0 Å². The minimum atomic E-state index is 0.700. The maximum Gasteiger partial charge on any atom is 0.0426 e. The monoisotopic (exact) mass is 297 g/mol. The van der Waals surface area contributed by atoms with Crippen LogP contribution in [0.15, 0.2) is 23.8 Å². The van der Waals surface area contributed by atoms with Crippen molar-refractivity contribution in [3.05, 3.63) is 39.4 Å². The molecular formula is C16H21Cl2N. The van der Waals surface area contributed by atoms with E-state index in [0.29, 0.717) is 16.0 Å². The lowest BCUT2D eigenvalue weighted by Crippen LogP contribution is -2.19. The Labute approximate surface area is 126 Å². The van der Waals surface area contributed by atoms with Gasteiger partial charge in [0.05, 0.1) is 0 Å². The molecule has 1 aliphatic rings. The van der Waals surface area contributed by atoms with E-state index in [-0.39, 0.29) is 0 Å². The van der Waals surface area contributed by atoms with Crippen LogP contribution in [0, 0.1) is 5.92 Å². The molecule has 1 aromatic rings. The number of benzene rings is 1. The molecule has 1 saturated carbocycles. The van der Waals surface area contributed by atoms with Gasteiger partial charge in [0.25, 0.3) is 0 Å². The molecule has 19 heavy (non-hydrogen) atoms. The molecule has 0 saturated heterocycles. The SMILES string of the molecule is CNCC(=Cc1cc(Cl)cc(Cl)c1)C1CCCCC1. The lowest BCUT2D eigenvalue weighted by atomic mass is 9.83. The van der Waals surface area contributed by atoms with E-state index < -0.39 is 0 Å². The van der Waals surface area contributed by atoms with Crippen LogP contribution in [0.3, 0.4) is 0 Å². The van der Waals surface area contributed by atoms with E-state index in [1.54, 1.807) is 6.07 Å². The van der Waals surface area contributed by atoms with Crippen molar-refractivity contribution in [3.63, 3.8) is 0 Å². The summed E-state index contributed by atoms with van der Waals surface area (Å²) in [6.45, 7) is 0.939. The Hall–Kier alpha value is -0.500. The van der Waals surface area contributed by atoms with E-state index in [9.17, 15) is 0 Å². The topological polar surface area (TPSA) is 12.0 Å². The number of hydrogen-bond acceptors (Lipinski definition) is 1.